The van der Waals surface area contributed by atoms with Gasteiger partial charge in [0.25, 0.3) is 11.5 Å². The van der Waals surface area contributed by atoms with Crippen molar-refractivity contribution in [2.24, 2.45) is 13.0 Å². The summed E-state index contributed by atoms with van der Waals surface area (Å²) < 4.78 is 7.44. The van der Waals surface area contributed by atoms with E-state index in [-0.39, 0.29) is 29.2 Å². The number of nitrogens with zero attached hydrogens (tertiary/aromatic N) is 2. The second-order valence-corrected chi connectivity index (χ2v) is 7.38. The number of carbonyl (C=O) groups is 1. The smallest absolute Gasteiger partial charge is 0.263 e. The predicted octanol–water partition coefficient (Wildman–Crippen LogP) is 0.921. The van der Waals surface area contributed by atoms with Crippen molar-refractivity contribution in [3.63, 3.8) is 0 Å². The molecule has 0 aromatic carbocycles. The molecule has 3 rings (SSSR count). The fourth-order valence-electron chi connectivity index (χ4n) is 3.57. The van der Waals surface area contributed by atoms with E-state index in [0.717, 1.165) is 31.8 Å². The lowest BCUT2D eigenvalue weighted by Crippen LogP contribution is -2.48. The van der Waals surface area contributed by atoms with Crippen molar-refractivity contribution in [3.05, 3.63) is 33.7 Å². The average molecular weight is 333 g/mol. The van der Waals surface area contributed by atoms with E-state index in [2.05, 4.69) is 24.1 Å². The Balaban J connectivity index is 1.65. The molecular formula is C18H27N3O3. The first-order chi connectivity index (χ1) is 11.4. The van der Waals surface area contributed by atoms with Gasteiger partial charge in [-0.05, 0) is 31.4 Å². The molecule has 3 atom stereocenters. The zero-order valence-electron chi connectivity index (χ0n) is 14.9. The lowest BCUT2D eigenvalue weighted by molar-refractivity contribution is -0.0683. The standard InChI is InChI=1S/C18H27N3O3/c1-11(2)16-9-21-8-13(7-14(21)10-24-16)19-17(22)15-6-5-12(3)20(4)18(15)23/h5-6,11,13-14,16H,7-10H2,1-4H3,(H,19,22)/t13-,14-,16-/m0/s1. The number of nitrogens with one attached hydrogen (secondary N) is 1. The van der Waals surface area contributed by atoms with Gasteiger partial charge in [0.1, 0.15) is 5.56 Å². The minimum absolute atomic E-state index is 0.0722. The summed E-state index contributed by atoms with van der Waals surface area (Å²) in [5, 5.41) is 3.03. The van der Waals surface area contributed by atoms with Gasteiger partial charge in [-0.3, -0.25) is 14.5 Å². The van der Waals surface area contributed by atoms with Gasteiger partial charge in [-0.25, -0.2) is 0 Å². The minimum atomic E-state index is -0.276. The highest BCUT2D eigenvalue weighted by Crippen LogP contribution is 2.25. The van der Waals surface area contributed by atoms with Crippen molar-refractivity contribution in [1.29, 1.82) is 0 Å². The van der Waals surface area contributed by atoms with Gasteiger partial charge in [-0.2, -0.15) is 0 Å². The molecular weight excluding hydrogens is 306 g/mol. The van der Waals surface area contributed by atoms with Crippen LogP contribution in [-0.4, -0.2) is 53.3 Å². The lowest BCUT2D eigenvalue weighted by Gasteiger charge is -2.36. The Hall–Kier alpha value is -1.66. The molecule has 1 aromatic heterocycles. The Labute approximate surface area is 142 Å². The molecule has 2 aliphatic heterocycles. The van der Waals surface area contributed by atoms with Crippen LogP contribution in [0.15, 0.2) is 16.9 Å². The predicted molar refractivity (Wildman–Crippen MR) is 92.2 cm³/mol. The molecule has 132 valence electrons. The van der Waals surface area contributed by atoms with Crippen LogP contribution < -0.4 is 10.9 Å². The summed E-state index contributed by atoms with van der Waals surface area (Å²) in [6, 6.07) is 3.86. The highest BCUT2D eigenvalue weighted by atomic mass is 16.5. The highest BCUT2D eigenvalue weighted by molar-refractivity contribution is 5.94. The van der Waals surface area contributed by atoms with E-state index >= 15 is 0 Å². The number of hydrogen-bond acceptors (Lipinski definition) is 4. The number of rotatable bonds is 3. The zero-order chi connectivity index (χ0) is 17.4. The molecule has 0 aliphatic carbocycles. The molecule has 0 unspecified atom stereocenters. The maximum atomic E-state index is 12.5. The van der Waals surface area contributed by atoms with Gasteiger partial charge >= 0.3 is 0 Å². The van der Waals surface area contributed by atoms with Gasteiger partial charge in [-0.15, -0.1) is 0 Å². The van der Waals surface area contributed by atoms with Gasteiger partial charge in [0.05, 0.1) is 12.7 Å². The van der Waals surface area contributed by atoms with Crippen LogP contribution in [0, 0.1) is 12.8 Å². The van der Waals surface area contributed by atoms with Gasteiger partial charge in [0.15, 0.2) is 0 Å². The van der Waals surface area contributed by atoms with Crippen molar-refractivity contribution < 1.29 is 9.53 Å². The molecule has 0 spiro atoms. The third-order valence-corrected chi connectivity index (χ3v) is 5.32. The van der Waals surface area contributed by atoms with Crippen molar-refractivity contribution in [1.82, 2.24) is 14.8 Å². The number of aromatic nitrogens is 1. The van der Waals surface area contributed by atoms with E-state index < -0.39 is 0 Å². The SMILES string of the molecule is Cc1ccc(C(=O)N[C@H]2C[C@H]3CO[C@H](C(C)C)CN3C2)c(=O)n1C. The van der Waals surface area contributed by atoms with Crippen molar-refractivity contribution in [3.8, 4) is 0 Å². The number of hydrogen-bond donors (Lipinski definition) is 1. The van der Waals surface area contributed by atoms with Crippen LogP contribution in [0.2, 0.25) is 0 Å². The first-order valence-corrected chi connectivity index (χ1v) is 8.70. The first kappa shape index (κ1) is 17.2. The molecule has 1 aromatic rings. The molecule has 0 radical (unpaired) electrons. The Bertz CT molecular complexity index is 683. The van der Waals surface area contributed by atoms with Gasteiger partial charge in [0, 0.05) is 37.9 Å². The molecule has 2 aliphatic rings. The third-order valence-electron chi connectivity index (χ3n) is 5.32. The molecule has 0 bridgehead atoms. The maximum Gasteiger partial charge on any atom is 0.263 e. The monoisotopic (exact) mass is 333 g/mol. The summed E-state index contributed by atoms with van der Waals surface area (Å²) >= 11 is 0. The van der Waals surface area contributed by atoms with Gasteiger partial charge in [-0.1, -0.05) is 13.8 Å². The number of aryl methyl sites for hydroxylation is 1. The van der Waals surface area contributed by atoms with E-state index in [4.69, 9.17) is 4.74 Å². The number of ether oxygens (including phenoxy) is 1. The quantitative estimate of drug-likeness (QED) is 0.893. The van der Waals surface area contributed by atoms with Crippen LogP contribution in [0.25, 0.3) is 0 Å². The lowest BCUT2D eigenvalue weighted by atomic mass is 10.0. The van der Waals surface area contributed by atoms with Crippen LogP contribution in [0.1, 0.15) is 36.3 Å². The summed E-state index contributed by atoms with van der Waals surface area (Å²) in [5.41, 5.74) is 0.808. The van der Waals surface area contributed by atoms with E-state index in [1.807, 2.05) is 6.92 Å². The summed E-state index contributed by atoms with van der Waals surface area (Å²) in [4.78, 5) is 27.1. The second-order valence-electron chi connectivity index (χ2n) is 7.38. The van der Waals surface area contributed by atoms with Gasteiger partial charge < -0.3 is 14.6 Å². The van der Waals surface area contributed by atoms with Crippen molar-refractivity contribution in [2.45, 2.75) is 45.4 Å². The van der Waals surface area contributed by atoms with Crippen molar-refractivity contribution >= 4 is 5.91 Å². The molecule has 2 saturated heterocycles. The molecule has 2 fully saturated rings. The average Bonchev–Trinajstić information content (AvgIpc) is 2.93. The Kier molecular flexibility index (Phi) is 4.78. The number of amides is 1. The minimum Gasteiger partial charge on any atom is -0.375 e. The summed E-state index contributed by atoms with van der Waals surface area (Å²) in [6.07, 6.45) is 1.14. The van der Waals surface area contributed by atoms with Crippen LogP contribution in [-0.2, 0) is 11.8 Å². The molecule has 0 saturated carbocycles. The van der Waals surface area contributed by atoms with Crippen LogP contribution in [0.5, 0.6) is 0 Å². The molecule has 6 nitrogen and oxygen atoms in total. The van der Waals surface area contributed by atoms with Crippen molar-refractivity contribution in [2.75, 3.05) is 19.7 Å². The van der Waals surface area contributed by atoms with E-state index in [9.17, 15) is 9.59 Å². The van der Waals surface area contributed by atoms with E-state index in [1.54, 1.807) is 19.2 Å². The molecule has 6 heteroatoms. The molecule has 1 N–H and O–H groups in total. The topological polar surface area (TPSA) is 63.6 Å². The van der Waals surface area contributed by atoms with Crippen LogP contribution >= 0.6 is 0 Å². The number of carbonyl (C=O) groups excluding carboxylic acids is 1. The number of fused-ring (bicyclic) bond motifs is 1. The zero-order valence-corrected chi connectivity index (χ0v) is 14.9. The maximum absolute atomic E-state index is 12.5. The Morgan fingerprint density at radius 3 is 2.79 bits per heavy atom. The molecule has 1 amide bonds. The van der Waals surface area contributed by atoms with E-state index in [1.165, 1.54) is 4.57 Å². The van der Waals surface area contributed by atoms with E-state index in [0.29, 0.717) is 12.0 Å². The summed E-state index contributed by atoms with van der Waals surface area (Å²) in [5.74, 6) is 0.219. The Morgan fingerprint density at radius 1 is 1.33 bits per heavy atom. The second kappa shape index (κ2) is 6.69. The highest BCUT2D eigenvalue weighted by Gasteiger charge is 2.38. The third kappa shape index (κ3) is 3.26. The fourth-order valence-corrected chi connectivity index (χ4v) is 3.57. The van der Waals surface area contributed by atoms with Crippen LogP contribution in [0.4, 0.5) is 0 Å². The largest absolute Gasteiger partial charge is 0.375 e. The van der Waals surface area contributed by atoms with Gasteiger partial charge in [0.2, 0.25) is 0 Å². The number of pyridine rings is 1. The first-order valence-electron chi connectivity index (χ1n) is 8.70. The summed E-state index contributed by atoms with van der Waals surface area (Å²) in [7, 11) is 1.69. The normalized spacial score (nSPS) is 27.3. The fraction of sp³-hybridized carbons (Fsp3) is 0.667. The molecule has 24 heavy (non-hydrogen) atoms. The molecule has 3 heterocycles. The Morgan fingerprint density at radius 2 is 2.08 bits per heavy atom. The number of morpholine rings is 1. The summed E-state index contributed by atoms with van der Waals surface area (Å²) in [6.45, 7) is 8.67. The van der Waals surface area contributed by atoms with Crippen LogP contribution in [0.3, 0.4) is 0 Å².